The average Bonchev–Trinajstić information content (AvgIpc) is 3.35. The maximum atomic E-state index is 13.0. The number of benzene rings is 2. The van der Waals surface area contributed by atoms with Gasteiger partial charge in [-0.05, 0) is 61.2 Å². The SMILES string of the molecule is O=C(C1CC1)N1CCc2cc(Br)cc(S(=O)(=O)Nc3ccc(Cl)cc3)c21. The van der Waals surface area contributed by atoms with Gasteiger partial charge in [0.1, 0.15) is 4.90 Å². The Morgan fingerprint density at radius 3 is 2.54 bits per heavy atom. The van der Waals surface area contributed by atoms with Gasteiger partial charge in [-0.2, -0.15) is 0 Å². The van der Waals surface area contributed by atoms with Crippen molar-refractivity contribution in [1.29, 1.82) is 0 Å². The van der Waals surface area contributed by atoms with E-state index in [9.17, 15) is 13.2 Å². The van der Waals surface area contributed by atoms with Crippen molar-refractivity contribution in [3.63, 3.8) is 0 Å². The van der Waals surface area contributed by atoms with E-state index < -0.39 is 10.0 Å². The Morgan fingerprint density at radius 1 is 1.19 bits per heavy atom. The van der Waals surface area contributed by atoms with E-state index in [1.54, 1.807) is 35.2 Å². The van der Waals surface area contributed by atoms with Crippen molar-refractivity contribution >= 4 is 54.8 Å². The Morgan fingerprint density at radius 2 is 1.88 bits per heavy atom. The van der Waals surface area contributed by atoms with Gasteiger partial charge in [0.2, 0.25) is 5.91 Å². The van der Waals surface area contributed by atoms with Crippen molar-refractivity contribution in [3.8, 4) is 0 Å². The minimum Gasteiger partial charge on any atom is -0.310 e. The normalized spacial score (nSPS) is 16.5. The van der Waals surface area contributed by atoms with Gasteiger partial charge in [0, 0.05) is 27.6 Å². The van der Waals surface area contributed by atoms with Gasteiger partial charge in [0.25, 0.3) is 10.0 Å². The molecule has 26 heavy (non-hydrogen) atoms. The van der Waals surface area contributed by atoms with E-state index >= 15 is 0 Å². The maximum Gasteiger partial charge on any atom is 0.264 e. The van der Waals surface area contributed by atoms with Crippen molar-refractivity contribution in [2.24, 2.45) is 5.92 Å². The number of hydrogen-bond acceptors (Lipinski definition) is 3. The number of anilines is 2. The van der Waals surface area contributed by atoms with Crippen LogP contribution in [0.1, 0.15) is 18.4 Å². The van der Waals surface area contributed by atoms with Gasteiger partial charge in [-0.25, -0.2) is 8.42 Å². The molecule has 0 saturated heterocycles. The standard InChI is InChI=1S/C18H16BrClN2O3S/c19-13-9-12-7-8-22(18(23)11-1-2-11)17(12)16(10-13)26(24,25)21-15-5-3-14(20)4-6-15/h3-6,9-11,21H,1-2,7-8H2. The fourth-order valence-electron chi connectivity index (χ4n) is 3.17. The molecule has 1 N–H and O–H groups in total. The second-order valence-electron chi connectivity index (χ2n) is 6.54. The predicted octanol–water partition coefficient (Wildman–Crippen LogP) is 4.20. The maximum absolute atomic E-state index is 13.0. The number of rotatable bonds is 4. The Hall–Kier alpha value is -1.57. The second kappa shape index (κ2) is 6.55. The third-order valence-corrected chi connectivity index (χ3v) is 6.68. The Labute approximate surface area is 165 Å². The molecule has 2 aliphatic rings. The lowest BCUT2D eigenvalue weighted by Gasteiger charge is -2.21. The van der Waals surface area contributed by atoms with Crippen molar-refractivity contribution in [2.75, 3.05) is 16.2 Å². The summed E-state index contributed by atoms with van der Waals surface area (Å²) in [7, 11) is -3.86. The Balaban J connectivity index is 1.76. The van der Waals surface area contributed by atoms with E-state index in [0.29, 0.717) is 33.8 Å². The van der Waals surface area contributed by atoms with Gasteiger partial charge >= 0.3 is 0 Å². The van der Waals surface area contributed by atoms with Crippen LogP contribution in [0, 0.1) is 5.92 Å². The zero-order chi connectivity index (χ0) is 18.5. The summed E-state index contributed by atoms with van der Waals surface area (Å²) in [6, 6.07) is 9.88. The van der Waals surface area contributed by atoms with E-state index in [-0.39, 0.29) is 16.7 Å². The summed E-state index contributed by atoms with van der Waals surface area (Å²) in [5.41, 5.74) is 1.79. The van der Waals surface area contributed by atoms with Crippen LogP contribution >= 0.6 is 27.5 Å². The van der Waals surface area contributed by atoms with Crippen LogP contribution in [0.25, 0.3) is 0 Å². The van der Waals surface area contributed by atoms with E-state index in [1.807, 2.05) is 6.07 Å². The summed E-state index contributed by atoms with van der Waals surface area (Å²) in [4.78, 5) is 14.4. The molecule has 1 amide bonds. The van der Waals surface area contributed by atoms with Crippen LogP contribution in [0.3, 0.4) is 0 Å². The molecule has 0 bridgehead atoms. The number of fused-ring (bicyclic) bond motifs is 1. The van der Waals surface area contributed by atoms with Crippen molar-refractivity contribution in [2.45, 2.75) is 24.2 Å². The molecule has 1 aliphatic carbocycles. The summed E-state index contributed by atoms with van der Waals surface area (Å²) in [5, 5.41) is 0.525. The number of nitrogens with zero attached hydrogens (tertiary/aromatic N) is 1. The third kappa shape index (κ3) is 3.35. The van der Waals surface area contributed by atoms with Crippen LogP contribution in [0.2, 0.25) is 5.02 Å². The number of hydrogen-bond donors (Lipinski definition) is 1. The molecule has 136 valence electrons. The van der Waals surface area contributed by atoms with Crippen LogP contribution in [-0.4, -0.2) is 20.9 Å². The number of carbonyl (C=O) groups excluding carboxylic acids is 1. The molecule has 8 heteroatoms. The van der Waals surface area contributed by atoms with Crippen LogP contribution in [0.5, 0.6) is 0 Å². The molecule has 0 radical (unpaired) electrons. The first kappa shape index (κ1) is 17.8. The number of halogens is 2. The molecule has 5 nitrogen and oxygen atoms in total. The topological polar surface area (TPSA) is 66.5 Å². The average molecular weight is 456 g/mol. The molecule has 1 fully saturated rings. The third-order valence-electron chi connectivity index (χ3n) is 4.57. The highest BCUT2D eigenvalue weighted by molar-refractivity contribution is 9.10. The Kier molecular flexibility index (Phi) is 4.49. The summed E-state index contributed by atoms with van der Waals surface area (Å²) in [6.45, 7) is 0.518. The van der Waals surface area contributed by atoms with Gasteiger partial charge < -0.3 is 4.90 Å². The predicted molar refractivity (Wildman–Crippen MR) is 105 cm³/mol. The molecule has 0 spiro atoms. The second-order valence-corrected chi connectivity index (χ2v) is 9.54. The molecule has 2 aromatic rings. The van der Waals surface area contributed by atoms with Gasteiger partial charge in [-0.1, -0.05) is 27.5 Å². The van der Waals surface area contributed by atoms with Gasteiger partial charge in [-0.15, -0.1) is 0 Å². The summed E-state index contributed by atoms with van der Waals surface area (Å²) in [6.07, 6.45) is 2.41. The van der Waals surface area contributed by atoms with Gasteiger partial charge in [-0.3, -0.25) is 9.52 Å². The van der Waals surface area contributed by atoms with Crippen molar-refractivity contribution < 1.29 is 13.2 Å². The number of carbonyl (C=O) groups is 1. The lowest BCUT2D eigenvalue weighted by Crippen LogP contribution is -2.31. The van der Waals surface area contributed by atoms with Crippen molar-refractivity contribution in [1.82, 2.24) is 0 Å². The largest absolute Gasteiger partial charge is 0.310 e. The van der Waals surface area contributed by atoms with Gasteiger partial charge in [0.15, 0.2) is 0 Å². The first-order chi connectivity index (χ1) is 12.3. The highest BCUT2D eigenvalue weighted by atomic mass is 79.9. The molecule has 0 unspecified atom stereocenters. The molecule has 1 aliphatic heterocycles. The molecule has 1 saturated carbocycles. The molecule has 4 rings (SSSR count). The fourth-order valence-corrected chi connectivity index (χ4v) is 5.29. The van der Waals surface area contributed by atoms with Crippen LogP contribution in [0.4, 0.5) is 11.4 Å². The van der Waals surface area contributed by atoms with E-state index in [2.05, 4.69) is 20.7 Å². The molecule has 0 aromatic heterocycles. The number of sulfonamides is 1. The zero-order valence-electron chi connectivity index (χ0n) is 13.7. The monoisotopic (exact) mass is 454 g/mol. The fraction of sp³-hybridized carbons (Fsp3) is 0.278. The highest BCUT2D eigenvalue weighted by Crippen LogP contribution is 2.41. The van der Waals surface area contributed by atoms with Crippen LogP contribution in [0.15, 0.2) is 45.8 Å². The first-order valence-corrected chi connectivity index (χ1v) is 10.9. The summed E-state index contributed by atoms with van der Waals surface area (Å²) >= 11 is 9.25. The first-order valence-electron chi connectivity index (χ1n) is 8.27. The van der Waals surface area contributed by atoms with Crippen LogP contribution in [-0.2, 0) is 21.2 Å². The molecule has 1 heterocycles. The lowest BCUT2D eigenvalue weighted by molar-refractivity contribution is -0.119. The minimum atomic E-state index is -3.86. The smallest absolute Gasteiger partial charge is 0.264 e. The lowest BCUT2D eigenvalue weighted by atomic mass is 10.2. The Bertz CT molecular complexity index is 988. The minimum absolute atomic E-state index is 0.0222. The van der Waals surface area contributed by atoms with E-state index in [0.717, 1.165) is 18.4 Å². The molecule has 0 atom stereocenters. The highest BCUT2D eigenvalue weighted by Gasteiger charge is 2.39. The molecular formula is C18H16BrClN2O3S. The number of amides is 1. The summed E-state index contributed by atoms with van der Waals surface area (Å²) < 4.78 is 29.4. The molecule has 2 aromatic carbocycles. The quantitative estimate of drug-likeness (QED) is 0.751. The molecular weight excluding hydrogens is 440 g/mol. The van der Waals surface area contributed by atoms with E-state index in [4.69, 9.17) is 11.6 Å². The number of nitrogens with one attached hydrogen (secondary N) is 1. The van der Waals surface area contributed by atoms with E-state index in [1.165, 1.54) is 0 Å². The van der Waals surface area contributed by atoms with Crippen LogP contribution < -0.4 is 9.62 Å². The summed E-state index contributed by atoms with van der Waals surface area (Å²) in [5.74, 6) is 0.0541. The van der Waals surface area contributed by atoms with Crippen molar-refractivity contribution in [3.05, 3.63) is 51.5 Å². The van der Waals surface area contributed by atoms with Gasteiger partial charge in [0.05, 0.1) is 5.69 Å². The zero-order valence-corrected chi connectivity index (χ0v) is 16.9.